The van der Waals surface area contributed by atoms with Crippen LogP contribution in [0, 0.1) is 23.3 Å². The van der Waals surface area contributed by atoms with Crippen molar-refractivity contribution in [2.24, 2.45) is 0 Å². The summed E-state index contributed by atoms with van der Waals surface area (Å²) in [5.41, 5.74) is 2.85. The first-order chi connectivity index (χ1) is 16.9. The second-order valence-electron chi connectivity index (χ2n) is 8.57. The van der Waals surface area contributed by atoms with Crippen LogP contribution in [0.4, 0.5) is 17.6 Å². The predicted octanol–water partition coefficient (Wildman–Crippen LogP) is 6.34. The summed E-state index contributed by atoms with van der Waals surface area (Å²) in [5, 5.41) is 1.26. The zero-order valence-electron chi connectivity index (χ0n) is 19.5. The summed E-state index contributed by atoms with van der Waals surface area (Å²) in [4.78, 5) is 8.88. The molecule has 0 saturated carbocycles. The summed E-state index contributed by atoms with van der Waals surface area (Å²) in [6.07, 6.45) is 7.35. The Balaban J connectivity index is 1.39. The summed E-state index contributed by atoms with van der Waals surface area (Å²) in [7, 11) is 1.68. The number of benzene rings is 3. The van der Waals surface area contributed by atoms with Crippen LogP contribution in [0.3, 0.4) is 0 Å². The number of aryl methyl sites for hydroxylation is 5. The summed E-state index contributed by atoms with van der Waals surface area (Å²) >= 11 is 0. The van der Waals surface area contributed by atoms with Crippen molar-refractivity contribution in [3.8, 4) is 0 Å². The minimum atomic E-state index is -1.50. The van der Waals surface area contributed by atoms with E-state index >= 15 is 4.39 Å². The normalized spacial score (nSPS) is 11.3. The molecule has 35 heavy (non-hydrogen) atoms. The van der Waals surface area contributed by atoms with Crippen LogP contribution >= 0.6 is 0 Å². The molecule has 0 fully saturated rings. The molecule has 0 unspecified atom stereocenters. The second-order valence-corrected chi connectivity index (χ2v) is 8.57. The molecule has 7 heteroatoms. The van der Waals surface area contributed by atoms with Gasteiger partial charge < -0.3 is 4.74 Å². The molecule has 0 aliphatic rings. The zero-order valence-corrected chi connectivity index (χ0v) is 19.5. The van der Waals surface area contributed by atoms with Gasteiger partial charge in [0.15, 0.2) is 17.5 Å². The molecule has 0 saturated heterocycles. The monoisotopic (exact) mass is 482 g/mol. The van der Waals surface area contributed by atoms with Crippen LogP contribution < -0.4 is 0 Å². The largest absolute Gasteiger partial charge is 0.385 e. The lowest BCUT2D eigenvalue weighted by molar-refractivity contribution is 0.195. The summed E-state index contributed by atoms with van der Waals surface area (Å²) < 4.78 is 60.2. The Bertz CT molecular complexity index is 1290. The number of nitrogens with zero attached hydrogens (tertiary/aromatic N) is 2. The van der Waals surface area contributed by atoms with Gasteiger partial charge in [-0.3, -0.25) is 0 Å². The highest BCUT2D eigenvalue weighted by Gasteiger charge is 2.13. The summed E-state index contributed by atoms with van der Waals surface area (Å²) in [5.74, 6) is -3.58. The van der Waals surface area contributed by atoms with Crippen molar-refractivity contribution in [2.75, 3.05) is 13.7 Å². The van der Waals surface area contributed by atoms with Crippen molar-refractivity contribution in [1.29, 1.82) is 0 Å². The van der Waals surface area contributed by atoms with Crippen molar-refractivity contribution in [2.45, 2.75) is 38.5 Å². The molecule has 0 spiro atoms. The lowest BCUT2D eigenvalue weighted by Gasteiger charge is -2.09. The number of fused-ring (bicyclic) bond motifs is 1. The SMILES string of the molecule is COCCCc1cnc(CCc2ccc3c(F)c(CCc4cc(F)c(F)c(F)c4)ccc3c2)nc1. The molecular formula is C28H26F4N2O. The minimum absolute atomic E-state index is 0.194. The quantitative estimate of drug-likeness (QED) is 0.150. The first-order valence-electron chi connectivity index (χ1n) is 11.6. The van der Waals surface area contributed by atoms with E-state index in [4.69, 9.17) is 4.74 Å². The fourth-order valence-electron chi connectivity index (χ4n) is 4.08. The fraction of sp³-hybridized carbons (Fsp3) is 0.286. The topological polar surface area (TPSA) is 35.0 Å². The third-order valence-electron chi connectivity index (χ3n) is 6.04. The van der Waals surface area contributed by atoms with E-state index in [0.717, 1.165) is 53.7 Å². The number of aromatic nitrogens is 2. The maximum atomic E-state index is 15.1. The van der Waals surface area contributed by atoms with Crippen LogP contribution in [0.15, 0.2) is 54.9 Å². The van der Waals surface area contributed by atoms with Crippen LogP contribution in [0.5, 0.6) is 0 Å². The van der Waals surface area contributed by atoms with Gasteiger partial charge in [-0.2, -0.15) is 0 Å². The third kappa shape index (κ3) is 6.22. The number of methoxy groups -OCH3 is 1. The van der Waals surface area contributed by atoms with Crippen molar-refractivity contribution < 1.29 is 22.3 Å². The van der Waals surface area contributed by atoms with Crippen LogP contribution in [0.25, 0.3) is 10.8 Å². The van der Waals surface area contributed by atoms with Gasteiger partial charge in [-0.15, -0.1) is 0 Å². The Hall–Kier alpha value is -3.32. The standard InChI is InChI=1S/C28H26F4N2O/c1-35-12-2-3-20-16-33-26(34-17-20)11-6-18-5-10-23-22(13-18)9-8-21(27(23)31)7-4-19-14-24(29)28(32)25(30)15-19/h5,8-10,13-17H,2-4,6-7,11-12H2,1H3. The van der Waals surface area contributed by atoms with E-state index in [-0.39, 0.29) is 24.2 Å². The maximum absolute atomic E-state index is 15.1. The molecule has 0 aliphatic carbocycles. The van der Waals surface area contributed by atoms with Crippen molar-refractivity contribution in [3.63, 3.8) is 0 Å². The molecule has 0 amide bonds. The van der Waals surface area contributed by atoms with Gasteiger partial charge in [-0.25, -0.2) is 27.5 Å². The summed E-state index contributed by atoms with van der Waals surface area (Å²) in [6.45, 7) is 0.708. The van der Waals surface area contributed by atoms with E-state index in [0.29, 0.717) is 24.0 Å². The summed E-state index contributed by atoms with van der Waals surface area (Å²) in [6, 6.07) is 11.0. The number of hydrogen-bond donors (Lipinski definition) is 0. The van der Waals surface area contributed by atoms with Gasteiger partial charge in [0.05, 0.1) is 0 Å². The van der Waals surface area contributed by atoms with Gasteiger partial charge in [0.1, 0.15) is 11.6 Å². The highest BCUT2D eigenvalue weighted by atomic mass is 19.2. The molecule has 4 rings (SSSR count). The molecule has 3 aromatic carbocycles. The molecular weight excluding hydrogens is 456 g/mol. The van der Waals surface area contributed by atoms with Gasteiger partial charge in [0, 0.05) is 37.9 Å². The molecule has 182 valence electrons. The first-order valence-corrected chi connectivity index (χ1v) is 11.6. The van der Waals surface area contributed by atoms with E-state index < -0.39 is 17.5 Å². The van der Waals surface area contributed by atoms with Gasteiger partial charge >= 0.3 is 0 Å². The van der Waals surface area contributed by atoms with Crippen molar-refractivity contribution >= 4 is 10.8 Å². The van der Waals surface area contributed by atoms with Crippen molar-refractivity contribution in [3.05, 3.63) is 106 Å². The van der Waals surface area contributed by atoms with Crippen LogP contribution in [-0.4, -0.2) is 23.7 Å². The van der Waals surface area contributed by atoms with Gasteiger partial charge in [-0.05, 0) is 71.9 Å². The number of hydrogen-bond acceptors (Lipinski definition) is 3. The van der Waals surface area contributed by atoms with Crippen LogP contribution in [-0.2, 0) is 36.8 Å². The fourth-order valence-corrected chi connectivity index (χ4v) is 4.08. The Labute approximate surface area is 201 Å². The number of rotatable bonds is 10. The van der Waals surface area contributed by atoms with E-state index in [1.165, 1.54) is 0 Å². The van der Waals surface area contributed by atoms with Gasteiger partial charge in [-0.1, -0.05) is 30.3 Å². The number of halogens is 4. The second kappa shape index (κ2) is 11.4. The first kappa shape index (κ1) is 24.8. The smallest absolute Gasteiger partial charge is 0.194 e. The molecule has 3 nitrogen and oxygen atoms in total. The lowest BCUT2D eigenvalue weighted by atomic mass is 9.98. The highest BCUT2D eigenvalue weighted by molar-refractivity contribution is 5.84. The predicted molar refractivity (Wildman–Crippen MR) is 127 cm³/mol. The van der Waals surface area contributed by atoms with E-state index in [1.807, 2.05) is 30.6 Å². The van der Waals surface area contributed by atoms with Crippen molar-refractivity contribution in [1.82, 2.24) is 9.97 Å². The average Bonchev–Trinajstić information content (AvgIpc) is 2.86. The molecule has 0 aliphatic heterocycles. The van der Waals surface area contributed by atoms with Gasteiger partial charge in [0.25, 0.3) is 0 Å². The lowest BCUT2D eigenvalue weighted by Crippen LogP contribution is -2.01. The average molecular weight is 483 g/mol. The molecule has 4 aromatic rings. The minimum Gasteiger partial charge on any atom is -0.385 e. The molecule has 0 bridgehead atoms. The zero-order chi connectivity index (χ0) is 24.8. The van der Waals surface area contributed by atoms with Crippen LogP contribution in [0.1, 0.15) is 34.5 Å². The molecule has 0 radical (unpaired) electrons. The Morgan fingerprint density at radius 2 is 1.40 bits per heavy atom. The van der Waals surface area contributed by atoms with Crippen LogP contribution in [0.2, 0.25) is 0 Å². The van der Waals surface area contributed by atoms with E-state index in [9.17, 15) is 13.2 Å². The van der Waals surface area contributed by atoms with E-state index in [1.54, 1.807) is 19.2 Å². The molecule has 1 aromatic heterocycles. The Morgan fingerprint density at radius 3 is 2.11 bits per heavy atom. The third-order valence-corrected chi connectivity index (χ3v) is 6.04. The Morgan fingerprint density at radius 1 is 0.686 bits per heavy atom. The maximum Gasteiger partial charge on any atom is 0.194 e. The molecule has 1 heterocycles. The van der Waals surface area contributed by atoms with Gasteiger partial charge in [0.2, 0.25) is 0 Å². The van der Waals surface area contributed by atoms with E-state index in [2.05, 4.69) is 9.97 Å². The number of ether oxygens (including phenoxy) is 1. The molecule has 0 atom stereocenters. The highest BCUT2D eigenvalue weighted by Crippen LogP contribution is 2.25. The molecule has 0 N–H and O–H groups in total. The Kier molecular flexibility index (Phi) is 8.08.